The molecule has 194 valence electrons. The maximum Gasteiger partial charge on any atom is 0.416 e. The highest BCUT2D eigenvalue weighted by Crippen LogP contribution is 2.32. The van der Waals surface area contributed by atoms with Crippen molar-refractivity contribution < 1.29 is 27.4 Å². The van der Waals surface area contributed by atoms with E-state index in [2.05, 4.69) is 15.5 Å². The molecule has 1 N–H and O–H groups in total. The van der Waals surface area contributed by atoms with Crippen LogP contribution in [0.25, 0.3) is 5.69 Å². The number of alkyl halides is 3. The standard InChI is InChI=1S/C26H20F3N5O3S/c1-36-21-9-11-22(12-10-21)37-15-23-32-33-25(34(23)20-4-2-3-18(13-20)26(27,28)29)38-16-24(35)31-19-7-5-17(14-30)6-8-19/h2-13H,15-16H2,1H3,(H,31,35). The molecule has 0 aliphatic rings. The molecule has 0 bridgehead atoms. The Balaban J connectivity index is 1.55. The molecule has 0 saturated heterocycles. The summed E-state index contributed by atoms with van der Waals surface area (Å²) in [6, 6.07) is 19.9. The highest BCUT2D eigenvalue weighted by atomic mass is 32.2. The quantitative estimate of drug-likeness (QED) is 0.281. The second kappa shape index (κ2) is 11.7. The molecule has 1 amide bonds. The molecule has 3 aromatic carbocycles. The van der Waals surface area contributed by atoms with Gasteiger partial charge in [0.05, 0.1) is 35.7 Å². The topological polar surface area (TPSA) is 102 Å². The number of nitrogens with one attached hydrogen (secondary N) is 1. The van der Waals surface area contributed by atoms with Crippen LogP contribution in [0, 0.1) is 11.3 Å². The molecule has 12 heteroatoms. The van der Waals surface area contributed by atoms with E-state index in [-0.39, 0.29) is 34.9 Å². The number of hydrogen-bond donors (Lipinski definition) is 1. The van der Waals surface area contributed by atoms with Gasteiger partial charge in [0, 0.05) is 5.69 Å². The Labute approximate surface area is 220 Å². The SMILES string of the molecule is COc1ccc(OCc2nnc(SCC(=O)Nc3ccc(C#N)cc3)n2-c2cccc(C(F)(F)F)c2)cc1. The van der Waals surface area contributed by atoms with Gasteiger partial charge in [0.1, 0.15) is 18.1 Å². The monoisotopic (exact) mass is 539 g/mol. The lowest BCUT2D eigenvalue weighted by molar-refractivity contribution is -0.137. The van der Waals surface area contributed by atoms with Gasteiger partial charge < -0.3 is 14.8 Å². The van der Waals surface area contributed by atoms with Crippen LogP contribution in [0.15, 0.2) is 78.0 Å². The Morgan fingerprint density at radius 3 is 2.42 bits per heavy atom. The Morgan fingerprint density at radius 1 is 1.05 bits per heavy atom. The van der Waals surface area contributed by atoms with Crippen molar-refractivity contribution in [3.8, 4) is 23.3 Å². The lowest BCUT2D eigenvalue weighted by Gasteiger charge is -2.14. The van der Waals surface area contributed by atoms with Crippen LogP contribution in [-0.2, 0) is 17.6 Å². The van der Waals surface area contributed by atoms with E-state index in [1.165, 1.54) is 23.8 Å². The van der Waals surface area contributed by atoms with Gasteiger partial charge in [-0.2, -0.15) is 18.4 Å². The van der Waals surface area contributed by atoms with Gasteiger partial charge in [-0.15, -0.1) is 10.2 Å². The number of methoxy groups -OCH3 is 1. The smallest absolute Gasteiger partial charge is 0.416 e. The predicted octanol–water partition coefficient (Wildman–Crippen LogP) is 5.48. The van der Waals surface area contributed by atoms with E-state index in [0.717, 1.165) is 23.9 Å². The maximum absolute atomic E-state index is 13.4. The van der Waals surface area contributed by atoms with Gasteiger partial charge in [-0.05, 0) is 66.7 Å². The molecule has 1 aromatic heterocycles. The summed E-state index contributed by atoms with van der Waals surface area (Å²) < 4.78 is 52.5. The van der Waals surface area contributed by atoms with E-state index < -0.39 is 11.7 Å². The number of thioether (sulfide) groups is 1. The fraction of sp³-hybridized carbons (Fsp3) is 0.154. The zero-order chi connectivity index (χ0) is 27.1. The Hall–Kier alpha value is -4.50. The molecule has 1 heterocycles. The Bertz CT molecular complexity index is 1450. The number of anilines is 1. The fourth-order valence-corrected chi connectivity index (χ4v) is 4.11. The van der Waals surface area contributed by atoms with E-state index >= 15 is 0 Å². The zero-order valence-electron chi connectivity index (χ0n) is 19.9. The van der Waals surface area contributed by atoms with Gasteiger partial charge in [-0.1, -0.05) is 17.8 Å². The number of benzene rings is 3. The molecule has 4 rings (SSSR count). The van der Waals surface area contributed by atoms with Crippen LogP contribution >= 0.6 is 11.8 Å². The molecule has 0 fully saturated rings. The fourth-order valence-electron chi connectivity index (χ4n) is 3.34. The van der Waals surface area contributed by atoms with Crippen LogP contribution < -0.4 is 14.8 Å². The van der Waals surface area contributed by atoms with Crippen LogP contribution in [0.3, 0.4) is 0 Å². The number of ether oxygens (including phenoxy) is 2. The number of carbonyl (C=O) groups is 1. The van der Waals surface area contributed by atoms with Crippen LogP contribution in [0.4, 0.5) is 18.9 Å². The van der Waals surface area contributed by atoms with Crippen molar-refractivity contribution in [2.24, 2.45) is 0 Å². The molecule has 4 aromatic rings. The molecule has 0 aliphatic heterocycles. The van der Waals surface area contributed by atoms with Crippen molar-refractivity contribution in [1.29, 1.82) is 5.26 Å². The summed E-state index contributed by atoms with van der Waals surface area (Å²) in [5.41, 5.74) is 0.298. The molecular weight excluding hydrogens is 519 g/mol. The molecule has 0 spiro atoms. The molecule has 0 saturated carbocycles. The van der Waals surface area contributed by atoms with E-state index in [0.29, 0.717) is 22.7 Å². The average Bonchev–Trinajstić information content (AvgIpc) is 3.34. The summed E-state index contributed by atoms with van der Waals surface area (Å²) in [5.74, 6) is 0.934. The second-order valence-corrected chi connectivity index (χ2v) is 8.72. The first-order valence-electron chi connectivity index (χ1n) is 11.1. The third-order valence-corrected chi connectivity index (χ3v) is 6.12. The molecule has 0 atom stereocenters. The molecule has 8 nitrogen and oxygen atoms in total. The highest BCUT2D eigenvalue weighted by molar-refractivity contribution is 7.99. The third-order valence-electron chi connectivity index (χ3n) is 5.19. The number of aromatic nitrogens is 3. The molecule has 38 heavy (non-hydrogen) atoms. The first-order valence-corrected chi connectivity index (χ1v) is 12.1. The van der Waals surface area contributed by atoms with Gasteiger partial charge in [-0.3, -0.25) is 9.36 Å². The van der Waals surface area contributed by atoms with Gasteiger partial charge in [0.2, 0.25) is 5.91 Å². The number of amides is 1. The van der Waals surface area contributed by atoms with Gasteiger partial charge in [0.15, 0.2) is 11.0 Å². The normalized spacial score (nSPS) is 11.0. The van der Waals surface area contributed by atoms with E-state index in [4.69, 9.17) is 14.7 Å². The van der Waals surface area contributed by atoms with Crippen molar-refractivity contribution in [3.05, 3.63) is 89.7 Å². The molecule has 0 radical (unpaired) electrons. The summed E-state index contributed by atoms with van der Waals surface area (Å²) in [4.78, 5) is 12.5. The number of nitrogens with zero attached hydrogens (tertiary/aromatic N) is 4. The van der Waals surface area contributed by atoms with Crippen LogP contribution in [0.1, 0.15) is 17.0 Å². The number of rotatable bonds is 9. The van der Waals surface area contributed by atoms with E-state index in [1.807, 2.05) is 6.07 Å². The average molecular weight is 540 g/mol. The lowest BCUT2D eigenvalue weighted by Crippen LogP contribution is -2.15. The molecule has 0 unspecified atom stereocenters. The van der Waals surface area contributed by atoms with Crippen LogP contribution in [0.2, 0.25) is 0 Å². The minimum absolute atomic E-state index is 0.0869. The van der Waals surface area contributed by atoms with Gasteiger partial charge in [0.25, 0.3) is 0 Å². The van der Waals surface area contributed by atoms with Crippen molar-refractivity contribution in [2.45, 2.75) is 17.9 Å². The zero-order valence-corrected chi connectivity index (χ0v) is 20.7. The van der Waals surface area contributed by atoms with Crippen LogP contribution in [0.5, 0.6) is 11.5 Å². The second-order valence-electron chi connectivity index (χ2n) is 7.77. The number of hydrogen-bond acceptors (Lipinski definition) is 7. The van der Waals surface area contributed by atoms with Gasteiger partial charge in [-0.25, -0.2) is 0 Å². The Morgan fingerprint density at radius 2 is 1.76 bits per heavy atom. The minimum atomic E-state index is -4.54. The highest BCUT2D eigenvalue weighted by Gasteiger charge is 2.31. The number of carbonyl (C=O) groups excluding carboxylic acids is 1. The van der Waals surface area contributed by atoms with E-state index in [9.17, 15) is 18.0 Å². The first kappa shape index (κ1) is 26.6. The lowest BCUT2D eigenvalue weighted by atomic mass is 10.2. The third kappa shape index (κ3) is 6.63. The summed E-state index contributed by atoms with van der Waals surface area (Å²) in [5, 5.41) is 20.0. The van der Waals surface area contributed by atoms with Crippen molar-refractivity contribution in [1.82, 2.24) is 14.8 Å². The Kier molecular flexibility index (Phi) is 8.18. The number of nitriles is 1. The maximum atomic E-state index is 13.4. The predicted molar refractivity (Wildman–Crippen MR) is 134 cm³/mol. The van der Waals surface area contributed by atoms with Gasteiger partial charge >= 0.3 is 6.18 Å². The summed E-state index contributed by atoms with van der Waals surface area (Å²) in [6.45, 7) is -0.0897. The first-order chi connectivity index (χ1) is 18.3. The van der Waals surface area contributed by atoms with Crippen molar-refractivity contribution in [3.63, 3.8) is 0 Å². The van der Waals surface area contributed by atoms with E-state index in [1.54, 1.807) is 48.5 Å². The minimum Gasteiger partial charge on any atom is -0.497 e. The molecular formula is C26H20F3N5O3S. The number of halogens is 3. The largest absolute Gasteiger partial charge is 0.497 e. The van der Waals surface area contributed by atoms with Crippen molar-refractivity contribution in [2.75, 3.05) is 18.2 Å². The summed E-state index contributed by atoms with van der Waals surface area (Å²) >= 11 is 1.01. The summed E-state index contributed by atoms with van der Waals surface area (Å²) in [6.07, 6.45) is -4.54. The van der Waals surface area contributed by atoms with Crippen molar-refractivity contribution >= 4 is 23.4 Å². The molecule has 0 aliphatic carbocycles. The summed E-state index contributed by atoms with van der Waals surface area (Å²) in [7, 11) is 1.54. The van der Waals surface area contributed by atoms with Crippen LogP contribution in [-0.4, -0.2) is 33.5 Å².